The summed E-state index contributed by atoms with van der Waals surface area (Å²) in [6.45, 7) is 5.43. The Morgan fingerprint density at radius 3 is 2.36 bits per heavy atom. The summed E-state index contributed by atoms with van der Waals surface area (Å²) in [6, 6.07) is 11.1. The Morgan fingerprint density at radius 1 is 1.21 bits per heavy atom. The highest BCUT2D eigenvalue weighted by Gasteiger charge is 2.10. The molecule has 0 aliphatic heterocycles. The molecule has 2 heteroatoms. The molecule has 0 spiro atoms. The van der Waals surface area contributed by atoms with E-state index in [1.807, 2.05) is 6.07 Å². The van der Waals surface area contributed by atoms with Crippen LogP contribution in [0.4, 0.5) is 0 Å². The van der Waals surface area contributed by atoms with E-state index in [0.29, 0.717) is 12.0 Å². The van der Waals surface area contributed by atoms with Crippen LogP contribution >= 0.6 is 15.9 Å². The second-order valence-electron chi connectivity index (χ2n) is 3.87. The van der Waals surface area contributed by atoms with E-state index in [4.69, 9.17) is 0 Å². The summed E-state index contributed by atoms with van der Waals surface area (Å²) in [5, 5.41) is 4.55. The van der Waals surface area contributed by atoms with Crippen molar-refractivity contribution in [1.82, 2.24) is 5.32 Å². The number of hydrogen-bond donors (Lipinski definition) is 1. The van der Waals surface area contributed by atoms with Crippen molar-refractivity contribution in [2.75, 3.05) is 5.33 Å². The average molecular weight is 256 g/mol. The number of hydrogen-bond acceptors (Lipinski definition) is 1. The molecule has 0 aliphatic rings. The van der Waals surface area contributed by atoms with Gasteiger partial charge in [0.15, 0.2) is 0 Å². The number of rotatable bonds is 5. The molecule has 78 valence electrons. The van der Waals surface area contributed by atoms with Crippen LogP contribution < -0.4 is 5.32 Å². The van der Waals surface area contributed by atoms with Crippen LogP contribution in [0.1, 0.15) is 19.4 Å². The Kier molecular flexibility index (Phi) is 5.20. The molecule has 1 unspecified atom stereocenters. The molecular formula is C12H18BrN. The third kappa shape index (κ3) is 3.81. The molecule has 0 aliphatic carbocycles. The molecule has 1 aromatic carbocycles. The summed E-state index contributed by atoms with van der Waals surface area (Å²) in [7, 11) is 0. The van der Waals surface area contributed by atoms with E-state index in [9.17, 15) is 0 Å². The molecule has 14 heavy (non-hydrogen) atoms. The molecule has 1 N–H and O–H groups in total. The van der Waals surface area contributed by atoms with Crippen molar-refractivity contribution in [3.8, 4) is 0 Å². The van der Waals surface area contributed by atoms with E-state index in [1.54, 1.807) is 0 Å². The minimum Gasteiger partial charge on any atom is -0.309 e. The fraction of sp³-hybridized carbons (Fsp3) is 0.500. The van der Waals surface area contributed by atoms with Crippen LogP contribution in [0, 0.1) is 5.92 Å². The molecule has 1 aromatic rings. The van der Waals surface area contributed by atoms with Gasteiger partial charge in [-0.25, -0.2) is 0 Å². The van der Waals surface area contributed by atoms with Gasteiger partial charge in [-0.1, -0.05) is 60.1 Å². The largest absolute Gasteiger partial charge is 0.309 e. The molecule has 0 radical (unpaired) electrons. The number of alkyl halides is 1. The van der Waals surface area contributed by atoms with Crippen LogP contribution in [0.5, 0.6) is 0 Å². The predicted octanol–water partition coefficient (Wildman–Crippen LogP) is 3.20. The number of halogens is 1. The summed E-state index contributed by atoms with van der Waals surface area (Å²) in [4.78, 5) is 0. The number of nitrogens with one attached hydrogen (secondary N) is 1. The molecule has 1 atom stereocenters. The smallest absolute Gasteiger partial charge is 0.0208 e. The van der Waals surface area contributed by atoms with Gasteiger partial charge in [0.2, 0.25) is 0 Å². The van der Waals surface area contributed by atoms with Crippen LogP contribution in [0.3, 0.4) is 0 Å². The van der Waals surface area contributed by atoms with Gasteiger partial charge in [0.05, 0.1) is 0 Å². The number of benzene rings is 1. The first-order valence-electron chi connectivity index (χ1n) is 5.07. The Labute approximate surface area is 95.0 Å². The first-order chi connectivity index (χ1) is 6.74. The Hall–Kier alpha value is -0.340. The van der Waals surface area contributed by atoms with Crippen LogP contribution in [-0.2, 0) is 6.54 Å². The van der Waals surface area contributed by atoms with Gasteiger partial charge in [-0.15, -0.1) is 0 Å². The van der Waals surface area contributed by atoms with Gasteiger partial charge in [0.25, 0.3) is 0 Å². The van der Waals surface area contributed by atoms with Gasteiger partial charge >= 0.3 is 0 Å². The molecule has 0 bridgehead atoms. The third-order valence-corrected chi connectivity index (χ3v) is 3.08. The fourth-order valence-corrected chi connectivity index (χ4v) is 2.29. The first kappa shape index (κ1) is 11.7. The second kappa shape index (κ2) is 6.20. The van der Waals surface area contributed by atoms with Crippen molar-refractivity contribution >= 4 is 15.9 Å². The van der Waals surface area contributed by atoms with E-state index < -0.39 is 0 Å². The SMILES string of the molecule is CC(C)C(CBr)NCc1ccccc1. The Balaban J connectivity index is 2.40. The minimum absolute atomic E-state index is 0.551. The summed E-state index contributed by atoms with van der Waals surface area (Å²) >= 11 is 3.53. The van der Waals surface area contributed by atoms with Gasteiger partial charge in [0, 0.05) is 17.9 Å². The molecular weight excluding hydrogens is 238 g/mol. The highest BCUT2D eigenvalue weighted by Crippen LogP contribution is 2.06. The Bertz CT molecular complexity index is 246. The maximum absolute atomic E-state index is 3.54. The van der Waals surface area contributed by atoms with E-state index in [0.717, 1.165) is 11.9 Å². The summed E-state index contributed by atoms with van der Waals surface area (Å²) in [5.74, 6) is 0.665. The average Bonchev–Trinajstić information content (AvgIpc) is 2.20. The fourth-order valence-electron chi connectivity index (χ4n) is 1.31. The normalized spacial score (nSPS) is 13.1. The molecule has 1 nitrogen and oxygen atoms in total. The van der Waals surface area contributed by atoms with E-state index >= 15 is 0 Å². The van der Waals surface area contributed by atoms with Gasteiger partial charge in [0.1, 0.15) is 0 Å². The Morgan fingerprint density at radius 2 is 1.86 bits per heavy atom. The predicted molar refractivity (Wildman–Crippen MR) is 65.7 cm³/mol. The van der Waals surface area contributed by atoms with Crippen molar-refractivity contribution in [3.63, 3.8) is 0 Å². The summed E-state index contributed by atoms with van der Waals surface area (Å²) < 4.78 is 0. The topological polar surface area (TPSA) is 12.0 Å². The van der Waals surface area contributed by atoms with Crippen LogP contribution in [0.2, 0.25) is 0 Å². The van der Waals surface area contributed by atoms with Crippen molar-refractivity contribution < 1.29 is 0 Å². The van der Waals surface area contributed by atoms with Gasteiger partial charge < -0.3 is 5.32 Å². The van der Waals surface area contributed by atoms with Crippen molar-refractivity contribution in [2.45, 2.75) is 26.4 Å². The van der Waals surface area contributed by atoms with Crippen LogP contribution in [0.25, 0.3) is 0 Å². The second-order valence-corrected chi connectivity index (χ2v) is 4.52. The summed E-state index contributed by atoms with van der Waals surface area (Å²) in [5.41, 5.74) is 1.35. The lowest BCUT2D eigenvalue weighted by molar-refractivity contribution is 0.434. The van der Waals surface area contributed by atoms with E-state index in [2.05, 4.69) is 59.4 Å². The van der Waals surface area contributed by atoms with Crippen molar-refractivity contribution in [3.05, 3.63) is 35.9 Å². The molecule has 0 aromatic heterocycles. The van der Waals surface area contributed by atoms with Crippen LogP contribution in [-0.4, -0.2) is 11.4 Å². The van der Waals surface area contributed by atoms with Crippen molar-refractivity contribution in [1.29, 1.82) is 0 Å². The monoisotopic (exact) mass is 255 g/mol. The maximum atomic E-state index is 3.54. The molecule has 0 saturated heterocycles. The zero-order chi connectivity index (χ0) is 10.4. The van der Waals surface area contributed by atoms with Gasteiger partial charge in [-0.3, -0.25) is 0 Å². The van der Waals surface area contributed by atoms with E-state index in [1.165, 1.54) is 5.56 Å². The third-order valence-electron chi connectivity index (χ3n) is 2.38. The van der Waals surface area contributed by atoms with Crippen molar-refractivity contribution in [2.24, 2.45) is 5.92 Å². The molecule has 0 saturated carbocycles. The quantitative estimate of drug-likeness (QED) is 0.798. The highest BCUT2D eigenvalue weighted by atomic mass is 79.9. The standard InChI is InChI=1S/C12H18BrN/c1-10(2)12(8-13)14-9-11-6-4-3-5-7-11/h3-7,10,12,14H,8-9H2,1-2H3. The molecule has 0 amide bonds. The molecule has 0 fully saturated rings. The molecule has 0 heterocycles. The summed E-state index contributed by atoms with van der Waals surface area (Å²) in [6.07, 6.45) is 0. The highest BCUT2D eigenvalue weighted by molar-refractivity contribution is 9.09. The molecule has 1 rings (SSSR count). The lowest BCUT2D eigenvalue weighted by atomic mass is 10.1. The van der Waals surface area contributed by atoms with Gasteiger partial charge in [-0.05, 0) is 11.5 Å². The van der Waals surface area contributed by atoms with E-state index in [-0.39, 0.29) is 0 Å². The maximum Gasteiger partial charge on any atom is 0.0208 e. The first-order valence-corrected chi connectivity index (χ1v) is 6.19. The minimum atomic E-state index is 0.551. The zero-order valence-corrected chi connectivity index (χ0v) is 10.4. The zero-order valence-electron chi connectivity index (χ0n) is 8.83. The lowest BCUT2D eigenvalue weighted by Gasteiger charge is -2.19. The van der Waals surface area contributed by atoms with Crippen LogP contribution in [0.15, 0.2) is 30.3 Å². The van der Waals surface area contributed by atoms with Gasteiger partial charge in [-0.2, -0.15) is 0 Å². The lowest BCUT2D eigenvalue weighted by Crippen LogP contribution is -2.34.